The molecule has 28 heavy (non-hydrogen) atoms. The maximum Gasteiger partial charge on any atom is 0.222 e. The highest BCUT2D eigenvalue weighted by atomic mass is 35.5. The number of carbonyl (C=O) groups excluding carboxylic acids is 2. The van der Waals surface area contributed by atoms with Crippen LogP contribution in [0.15, 0.2) is 0 Å². The standard InChI is InChI=1S/C22H43N3O2.ClH/c1-3-5-7-9-11-13-15-19-20(22(24)27)18(21(23)26)17-25(19)16-14-12-10-8-6-4-2;/h18-20H,3-17H2,1-2H3,(H2,23,26)(H2,24,27);1H. The predicted octanol–water partition coefficient (Wildman–Crippen LogP) is 4.41. The minimum absolute atomic E-state index is 0. The normalized spacial score (nSPS) is 22.1. The summed E-state index contributed by atoms with van der Waals surface area (Å²) < 4.78 is 0. The molecule has 3 unspecified atom stereocenters. The van der Waals surface area contributed by atoms with Crippen molar-refractivity contribution in [3.05, 3.63) is 0 Å². The van der Waals surface area contributed by atoms with Crippen molar-refractivity contribution in [2.24, 2.45) is 23.3 Å². The zero-order chi connectivity index (χ0) is 20.1. The first-order valence-corrected chi connectivity index (χ1v) is 11.4. The highest BCUT2D eigenvalue weighted by Gasteiger charge is 2.46. The Hall–Kier alpha value is -0.810. The van der Waals surface area contributed by atoms with E-state index in [9.17, 15) is 9.59 Å². The Morgan fingerprint density at radius 1 is 0.786 bits per heavy atom. The molecule has 0 aliphatic carbocycles. The van der Waals surface area contributed by atoms with Gasteiger partial charge in [0.05, 0.1) is 11.8 Å². The number of likely N-dealkylation sites (tertiary alicyclic amines) is 1. The van der Waals surface area contributed by atoms with Crippen molar-refractivity contribution in [3.8, 4) is 0 Å². The third-order valence-corrected chi connectivity index (χ3v) is 6.09. The highest BCUT2D eigenvalue weighted by Crippen LogP contribution is 2.33. The van der Waals surface area contributed by atoms with Crippen LogP contribution < -0.4 is 11.5 Å². The minimum atomic E-state index is -0.423. The van der Waals surface area contributed by atoms with Crippen molar-refractivity contribution < 1.29 is 9.59 Å². The highest BCUT2D eigenvalue weighted by molar-refractivity contribution is 5.87. The van der Waals surface area contributed by atoms with Gasteiger partial charge in [-0.15, -0.1) is 12.4 Å². The molecule has 3 atom stereocenters. The fourth-order valence-corrected chi connectivity index (χ4v) is 4.50. The van der Waals surface area contributed by atoms with E-state index in [4.69, 9.17) is 11.5 Å². The Kier molecular flexibility index (Phi) is 15.6. The van der Waals surface area contributed by atoms with Crippen LogP contribution in [0.25, 0.3) is 0 Å². The Morgan fingerprint density at radius 2 is 1.29 bits per heavy atom. The molecule has 1 aliphatic rings. The number of hydrogen-bond acceptors (Lipinski definition) is 3. The van der Waals surface area contributed by atoms with Gasteiger partial charge in [-0.2, -0.15) is 0 Å². The number of primary amides is 2. The average Bonchev–Trinajstić information content (AvgIpc) is 3.00. The van der Waals surface area contributed by atoms with E-state index in [1.807, 2.05) is 0 Å². The van der Waals surface area contributed by atoms with E-state index in [-0.39, 0.29) is 30.3 Å². The van der Waals surface area contributed by atoms with Crippen LogP contribution in [0.5, 0.6) is 0 Å². The third kappa shape index (κ3) is 9.60. The SMILES string of the molecule is CCCCCCCCC1C(C(N)=O)C(C(N)=O)CN1CCCCCCCC.Cl. The lowest BCUT2D eigenvalue weighted by Gasteiger charge is -2.27. The zero-order valence-electron chi connectivity index (χ0n) is 18.2. The van der Waals surface area contributed by atoms with E-state index in [1.165, 1.54) is 64.2 Å². The molecule has 1 aliphatic heterocycles. The molecule has 0 aromatic carbocycles. The largest absolute Gasteiger partial charge is 0.369 e. The van der Waals surface area contributed by atoms with Crippen LogP contribution in [0.2, 0.25) is 0 Å². The van der Waals surface area contributed by atoms with Gasteiger partial charge in [0, 0.05) is 12.6 Å². The van der Waals surface area contributed by atoms with Crippen LogP contribution in [-0.4, -0.2) is 35.8 Å². The molecule has 1 fully saturated rings. The number of nitrogens with zero attached hydrogens (tertiary/aromatic N) is 1. The maximum absolute atomic E-state index is 12.1. The van der Waals surface area contributed by atoms with Crippen LogP contribution >= 0.6 is 12.4 Å². The van der Waals surface area contributed by atoms with Crippen LogP contribution in [0.3, 0.4) is 0 Å². The smallest absolute Gasteiger partial charge is 0.222 e. The lowest BCUT2D eigenvalue weighted by atomic mass is 9.86. The number of rotatable bonds is 16. The molecule has 5 nitrogen and oxygen atoms in total. The summed E-state index contributed by atoms with van der Waals surface area (Å²) in [4.78, 5) is 26.3. The van der Waals surface area contributed by atoms with Crippen molar-refractivity contribution in [3.63, 3.8) is 0 Å². The van der Waals surface area contributed by atoms with Crippen molar-refractivity contribution in [1.29, 1.82) is 0 Å². The molecule has 0 bridgehead atoms. The molecule has 1 saturated heterocycles. The number of nitrogens with two attached hydrogens (primary N) is 2. The van der Waals surface area contributed by atoms with Gasteiger partial charge < -0.3 is 11.5 Å². The first-order valence-electron chi connectivity index (χ1n) is 11.4. The van der Waals surface area contributed by atoms with E-state index in [1.54, 1.807) is 0 Å². The maximum atomic E-state index is 12.1. The van der Waals surface area contributed by atoms with Crippen LogP contribution in [0, 0.1) is 11.8 Å². The van der Waals surface area contributed by atoms with E-state index < -0.39 is 11.8 Å². The molecule has 2 amide bonds. The number of hydrogen-bond donors (Lipinski definition) is 2. The van der Waals surface area contributed by atoms with E-state index >= 15 is 0 Å². The Bertz CT molecular complexity index is 434. The van der Waals surface area contributed by atoms with Crippen molar-refractivity contribution in [2.45, 2.75) is 103 Å². The van der Waals surface area contributed by atoms with Gasteiger partial charge in [0.15, 0.2) is 0 Å². The quantitative estimate of drug-likeness (QED) is 0.364. The molecule has 0 saturated carbocycles. The Labute approximate surface area is 178 Å². The second kappa shape index (κ2) is 16.0. The molecular formula is C22H44ClN3O2. The summed E-state index contributed by atoms with van der Waals surface area (Å²) in [7, 11) is 0. The van der Waals surface area contributed by atoms with Crippen LogP contribution in [0.1, 0.15) is 97.3 Å². The van der Waals surface area contributed by atoms with Gasteiger partial charge >= 0.3 is 0 Å². The first-order chi connectivity index (χ1) is 13.0. The molecule has 0 aromatic rings. The van der Waals surface area contributed by atoms with E-state index in [0.29, 0.717) is 6.54 Å². The molecule has 0 spiro atoms. The van der Waals surface area contributed by atoms with Crippen molar-refractivity contribution in [1.82, 2.24) is 4.90 Å². The Morgan fingerprint density at radius 3 is 1.79 bits per heavy atom. The van der Waals surface area contributed by atoms with Gasteiger partial charge in [0.25, 0.3) is 0 Å². The monoisotopic (exact) mass is 417 g/mol. The molecule has 0 aromatic heterocycles. The van der Waals surface area contributed by atoms with Gasteiger partial charge in [0.2, 0.25) is 11.8 Å². The number of halogens is 1. The molecule has 4 N–H and O–H groups in total. The van der Waals surface area contributed by atoms with Gasteiger partial charge in [-0.3, -0.25) is 14.5 Å². The van der Waals surface area contributed by atoms with Gasteiger partial charge in [-0.1, -0.05) is 84.5 Å². The Balaban J connectivity index is 0.00000729. The lowest BCUT2D eigenvalue weighted by molar-refractivity contribution is -0.130. The topological polar surface area (TPSA) is 89.4 Å². The minimum Gasteiger partial charge on any atom is -0.369 e. The summed E-state index contributed by atoms with van der Waals surface area (Å²) in [6.45, 7) is 5.99. The van der Waals surface area contributed by atoms with Crippen molar-refractivity contribution in [2.75, 3.05) is 13.1 Å². The second-order valence-electron chi connectivity index (χ2n) is 8.32. The molecular weight excluding hydrogens is 374 g/mol. The van der Waals surface area contributed by atoms with Gasteiger partial charge in [-0.05, 0) is 19.4 Å². The molecule has 1 heterocycles. The van der Waals surface area contributed by atoms with E-state index in [2.05, 4.69) is 18.7 Å². The summed E-state index contributed by atoms with van der Waals surface area (Å²) in [5, 5.41) is 0. The fraction of sp³-hybridized carbons (Fsp3) is 0.909. The van der Waals surface area contributed by atoms with Crippen molar-refractivity contribution >= 4 is 24.2 Å². The lowest BCUT2D eigenvalue weighted by Crippen LogP contribution is -2.41. The first kappa shape index (κ1) is 27.2. The predicted molar refractivity (Wildman–Crippen MR) is 119 cm³/mol. The summed E-state index contributed by atoms with van der Waals surface area (Å²) in [6, 6.07) is 0.0850. The van der Waals surface area contributed by atoms with Crippen LogP contribution in [0.4, 0.5) is 0 Å². The summed E-state index contributed by atoms with van der Waals surface area (Å²) in [6.07, 6.45) is 15.8. The summed E-state index contributed by atoms with van der Waals surface area (Å²) in [5.74, 6) is -1.58. The zero-order valence-corrected chi connectivity index (χ0v) is 19.0. The molecule has 6 heteroatoms. The number of unbranched alkanes of at least 4 members (excludes halogenated alkanes) is 10. The van der Waals surface area contributed by atoms with E-state index in [0.717, 1.165) is 25.8 Å². The molecule has 0 radical (unpaired) electrons. The third-order valence-electron chi connectivity index (χ3n) is 6.09. The molecule has 166 valence electrons. The number of amides is 2. The average molecular weight is 418 g/mol. The second-order valence-corrected chi connectivity index (χ2v) is 8.32. The number of carbonyl (C=O) groups is 2. The van der Waals surface area contributed by atoms with Crippen LogP contribution in [-0.2, 0) is 9.59 Å². The summed E-state index contributed by atoms with van der Waals surface area (Å²) >= 11 is 0. The molecule has 1 rings (SSSR count). The fourth-order valence-electron chi connectivity index (χ4n) is 4.50. The summed E-state index contributed by atoms with van der Waals surface area (Å²) in [5.41, 5.74) is 11.3. The van der Waals surface area contributed by atoms with Gasteiger partial charge in [0.1, 0.15) is 0 Å². The van der Waals surface area contributed by atoms with Gasteiger partial charge in [-0.25, -0.2) is 0 Å².